The van der Waals surface area contributed by atoms with Crippen molar-refractivity contribution in [1.82, 2.24) is 14.9 Å². The molecule has 0 unspecified atom stereocenters. The third kappa shape index (κ3) is 3.92. The van der Waals surface area contributed by atoms with Gasteiger partial charge in [-0.1, -0.05) is 30.3 Å². The Morgan fingerprint density at radius 2 is 2.04 bits per heavy atom. The number of rotatable bonds is 6. The number of aromatic nitrogens is 2. The maximum Gasteiger partial charge on any atom is 0.252 e. The Kier molecular flexibility index (Phi) is 5.11. The molecule has 0 fully saturated rings. The van der Waals surface area contributed by atoms with Crippen LogP contribution in [-0.4, -0.2) is 22.0 Å². The van der Waals surface area contributed by atoms with Crippen LogP contribution in [0.15, 0.2) is 48.8 Å². The molecule has 0 aliphatic carbocycles. The molecule has 1 N–H and O–H groups in total. The number of nitrogens with zero attached hydrogens (tertiary/aromatic N) is 2. The van der Waals surface area contributed by atoms with Crippen molar-refractivity contribution < 1.29 is 4.79 Å². The van der Waals surface area contributed by atoms with Gasteiger partial charge >= 0.3 is 0 Å². The molecule has 24 heavy (non-hydrogen) atoms. The van der Waals surface area contributed by atoms with Crippen LogP contribution in [0.25, 0.3) is 0 Å². The summed E-state index contributed by atoms with van der Waals surface area (Å²) in [6, 6.07) is 12.3. The molecular weight excluding hydrogens is 318 g/mol. The first kappa shape index (κ1) is 16.5. The van der Waals surface area contributed by atoms with E-state index in [9.17, 15) is 4.79 Å². The van der Waals surface area contributed by atoms with Crippen LogP contribution in [0, 0.1) is 13.8 Å². The van der Waals surface area contributed by atoms with Crippen LogP contribution >= 0.6 is 11.3 Å². The Labute approximate surface area is 146 Å². The average Bonchev–Trinajstić information content (AvgIpc) is 3.14. The monoisotopic (exact) mass is 339 g/mol. The van der Waals surface area contributed by atoms with Crippen molar-refractivity contribution in [2.24, 2.45) is 0 Å². The molecule has 0 aliphatic heterocycles. The average molecular weight is 339 g/mol. The number of amides is 1. The van der Waals surface area contributed by atoms with E-state index in [0.29, 0.717) is 13.0 Å². The van der Waals surface area contributed by atoms with E-state index in [0.717, 1.165) is 27.7 Å². The van der Waals surface area contributed by atoms with Crippen molar-refractivity contribution in [2.45, 2.75) is 26.8 Å². The second-order valence-corrected chi connectivity index (χ2v) is 7.25. The fourth-order valence-corrected chi connectivity index (χ4v) is 3.65. The van der Waals surface area contributed by atoms with Gasteiger partial charge in [0.05, 0.1) is 5.56 Å². The van der Waals surface area contributed by atoms with Crippen LogP contribution in [0.2, 0.25) is 0 Å². The Bertz CT molecular complexity index is 820. The van der Waals surface area contributed by atoms with E-state index >= 15 is 0 Å². The van der Waals surface area contributed by atoms with E-state index in [4.69, 9.17) is 0 Å². The summed E-state index contributed by atoms with van der Waals surface area (Å²) in [6.45, 7) is 5.39. The van der Waals surface area contributed by atoms with E-state index < -0.39 is 0 Å². The number of hydrogen-bond donors (Lipinski definition) is 1. The van der Waals surface area contributed by atoms with Gasteiger partial charge in [-0.3, -0.25) is 4.79 Å². The molecule has 1 amide bonds. The quantitative estimate of drug-likeness (QED) is 0.746. The lowest BCUT2D eigenvalue weighted by Crippen LogP contribution is -2.26. The van der Waals surface area contributed by atoms with Gasteiger partial charge in [-0.15, -0.1) is 11.3 Å². The molecule has 2 aromatic heterocycles. The van der Waals surface area contributed by atoms with E-state index in [2.05, 4.69) is 27.0 Å². The largest absolute Gasteiger partial charge is 0.352 e. The predicted molar refractivity (Wildman–Crippen MR) is 97.6 cm³/mol. The smallest absolute Gasteiger partial charge is 0.252 e. The second kappa shape index (κ2) is 7.45. The highest BCUT2D eigenvalue weighted by molar-refractivity contribution is 7.12. The van der Waals surface area contributed by atoms with Gasteiger partial charge in [0.25, 0.3) is 5.91 Å². The summed E-state index contributed by atoms with van der Waals surface area (Å²) in [6.07, 6.45) is 4.51. The number of hydrogen-bond acceptors (Lipinski definition) is 3. The third-order valence-corrected chi connectivity index (χ3v) is 4.88. The highest BCUT2D eigenvalue weighted by atomic mass is 32.1. The van der Waals surface area contributed by atoms with E-state index in [-0.39, 0.29) is 5.91 Å². The van der Waals surface area contributed by atoms with Crippen LogP contribution in [0.4, 0.5) is 0 Å². The third-order valence-electron chi connectivity index (χ3n) is 3.92. The van der Waals surface area contributed by atoms with Gasteiger partial charge in [0.1, 0.15) is 5.82 Å². The Morgan fingerprint density at radius 1 is 1.25 bits per heavy atom. The van der Waals surface area contributed by atoms with Crippen molar-refractivity contribution in [1.29, 1.82) is 0 Å². The summed E-state index contributed by atoms with van der Waals surface area (Å²) in [5.41, 5.74) is 2.02. The van der Waals surface area contributed by atoms with Crippen LogP contribution < -0.4 is 5.32 Å². The van der Waals surface area contributed by atoms with Gasteiger partial charge in [-0.2, -0.15) is 0 Å². The molecule has 5 heteroatoms. The zero-order chi connectivity index (χ0) is 16.9. The van der Waals surface area contributed by atoms with Gasteiger partial charge in [-0.05, 0) is 25.5 Å². The molecule has 3 rings (SSSR count). The molecule has 0 spiro atoms. The van der Waals surface area contributed by atoms with Gasteiger partial charge < -0.3 is 9.88 Å². The molecule has 124 valence electrons. The number of imidazole rings is 1. The molecule has 3 aromatic rings. The second-order valence-electron chi connectivity index (χ2n) is 5.79. The first-order valence-electron chi connectivity index (χ1n) is 8.02. The van der Waals surface area contributed by atoms with Crippen LogP contribution in [-0.2, 0) is 13.0 Å². The molecule has 4 nitrogen and oxygen atoms in total. The van der Waals surface area contributed by atoms with Gasteiger partial charge in [-0.25, -0.2) is 4.98 Å². The van der Waals surface area contributed by atoms with Crippen LogP contribution in [0.3, 0.4) is 0 Å². The highest BCUT2D eigenvalue weighted by Crippen LogP contribution is 2.20. The van der Waals surface area contributed by atoms with Crippen molar-refractivity contribution in [3.8, 4) is 0 Å². The lowest BCUT2D eigenvalue weighted by atomic mass is 10.2. The summed E-state index contributed by atoms with van der Waals surface area (Å²) in [5, 5.41) is 3.00. The molecule has 0 saturated heterocycles. The Morgan fingerprint density at radius 3 is 2.75 bits per heavy atom. The predicted octanol–water partition coefficient (Wildman–Crippen LogP) is 3.58. The zero-order valence-electron chi connectivity index (χ0n) is 14.0. The maximum atomic E-state index is 12.3. The number of benzene rings is 1. The molecule has 0 aliphatic rings. The topological polar surface area (TPSA) is 46.9 Å². The summed E-state index contributed by atoms with van der Waals surface area (Å²) in [5.74, 6) is 0.982. The number of thiophene rings is 1. The summed E-state index contributed by atoms with van der Waals surface area (Å²) in [4.78, 5) is 18.9. The van der Waals surface area contributed by atoms with Gasteiger partial charge in [0.2, 0.25) is 0 Å². The van der Waals surface area contributed by atoms with E-state index in [1.807, 2.05) is 50.5 Å². The van der Waals surface area contributed by atoms with Crippen molar-refractivity contribution >= 4 is 17.2 Å². The van der Waals surface area contributed by atoms with E-state index in [1.54, 1.807) is 11.3 Å². The first-order chi connectivity index (χ1) is 11.6. The minimum absolute atomic E-state index is 0.00184. The minimum Gasteiger partial charge on any atom is -0.352 e. The Balaban J connectivity index is 1.57. The van der Waals surface area contributed by atoms with Crippen molar-refractivity contribution in [2.75, 3.05) is 6.54 Å². The molecule has 0 atom stereocenters. The van der Waals surface area contributed by atoms with Crippen LogP contribution in [0.1, 0.15) is 31.5 Å². The fourth-order valence-electron chi connectivity index (χ4n) is 2.73. The van der Waals surface area contributed by atoms with Gasteiger partial charge in [0, 0.05) is 41.7 Å². The fraction of sp³-hybridized carbons (Fsp3) is 0.263. The summed E-state index contributed by atoms with van der Waals surface area (Å²) >= 11 is 1.66. The molecule has 0 saturated carbocycles. The Hall–Kier alpha value is -2.40. The zero-order valence-corrected chi connectivity index (χ0v) is 14.8. The van der Waals surface area contributed by atoms with Crippen molar-refractivity contribution in [3.63, 3.8) is 0 Å². The lowest BCUT2D eigenvalue weighted by Gasteiger charge is -2.09. The number of carbonyl (C=O) groups excluding carboxylic acids is 1. The molecular formula is C19H21N3OS. The molecule has 0 bridgehead atoms. The van der Waals surface area contributed by atoms with Crippen LogP contribution in [0.5, 0.6) is 0 Å². The number of carbonyl (C=O) groups is 1. The number of aryl methyl sites for hydroxylation is 2. The summed E-state index contributed by atoms with van der Waals surface area (Å²) in [7, 11) is 0. The number of nitrogens with one attached hydrogen (secondary N) is 1. The van der Waals surface area contributed by atoms with E-state index in [1.165, 1.54) is 5.56 Å². The molecule has 0 radical (unpaired) electrons. The normalized spacial score (nSPS) is 10.8. The highest BCUT2D eigenvalue weighted by Gasteiger charge is 2.12. The SMILES string of the molecule is Cc1cc(C(=O)NCCc2nccn2Cc2ccccc2)c(C)s1. The van der Waals surface area contributed by atoms with Crippen molar-refractivity contribution in [3.05, 3.63) is 75.5 Å². The molecule has 1 aromatic carbocycles. The van der Waals surface area contributed by atoms with Gasteiger partial charge in [0.15, 0.2) is 0 Å². The standard InChI is InChI=1S/C19H21N3OS/c1-14-12-17(15(2)24-14)19(23)21-9-8-18-20-10-11-22(18)13-16-6-4-3-5-7-16/h3-7,10-12H,8-9,13H2,1-2H3,(H,21,23). The summed E-state index contributed by atoms with van der Waals surface area (Å²) < 4.78 is 2.13. The molecule has 2 heterocycles. The maximum absolute atomic E-state index is 12.3. The minimum atomic E-state index is -0.00184. The lowest BCUT2D eigenvalue weighted by molar-refractivity contribution is 0.0954. The first-order valence-corrected chi connectivity index (χ1v) is 8.84.